The fraction of sp³-hybridized carbons (Fsp3) is 0.889. The maximum atomic E-state index is 12.5. The number of hydrogen-bond donors (Lipinski definition) is 3. The zero-order valence-corrected chi connectivity index (χ0v) is 16.0. The summed E-state index contributed by atoms with van der Waals surface area (Å²) in [5, 5.41) is 4.41. The topological polar surface area (TPSA) is 91.9 Å². The fourth-order valence-electron chi connectivity index (χ4n) is 3.88. The van der Waals surface area contributed by atoms with Crippen LogP contribution < -0.4 is 16.2 Å². The van der Waals surface area contributed by atoms with Crippen LogP contribution in [0.2, 0.25) is 0 Å². The van der Waals surface area contributed by atoms with Gasteiger partial charge in [0.1, 0.15) is 11.6 Å². The van der Waals surface area contributed by atoms with Crippen molar-refractivity contribution in [2.24, 2.45) is 5.92 Å². The smallest absolute Gasteiger partial charge is 0.424 e. The van der Waals surface area contributed by atoms with Crippen molar-refractivity contribution >= 4 is 12.0 Å². The Morgan fingerprint density at radius 3 is 2.62 bits per heavy atom. The first-order chi connectivity index (χ1) is 12.3. The van der Waals surface area contributed by atoms with Crippen molar-refractivity contribution in [3.63, 3.8) is 0 Å². The molecule has 3 atom stereocenters. The lowest BCUT2D eigenvalue weighted by Gasteiger charge is -2.25. The molecule has 8 heteroatoms. The number of carbonyl (C=O) groups is 2. The van der Waals surface area contributed by atoms with Gasteiger partial charge in [-0.2, -0.15) is 5.48 Å². The minimum atomic E-state index is -0.542. The molecule has 0 aromatic carbocycles. The highest BCUT2D eigenvalue weighted by Gasteiger charge is 2.38. The van der Waals surface area contributed by atoms with Gasteiger partial charge >= 0.3 is 6.09 Å². The number of hydrogen-bond acceptors (Lipinski definition) is 6. The van der Waals surface area contributed by atoms with E-state index in [-0.39, 0.29) is 24.1 Å². The van der Waals surface area contributed by atoms with Crippen LogP contribution in [-0.4, -0.2) is 53.9 Å². The maximum Gasteiger partial charge on any atom is 0.424 e. The molecule has 1 aliphatic carbocycles. The van der Waals surface area contributed by atoms with Gasteiger partial charge in [-0.25, -0.2) is 15.2 Å². The van der Waals surface area contributed by atoms with Gasteiger partial charge < -0.3 is 10.1 Å². The summed E-state index contributed by atoms with van der Waals surface area (Å²) in [4.78, 5) is 30.3. The zero-order chi connectivity index (χ0) is 18.7. The second kappa shape index (κ2) is 8.10. The second-order valence-corrected chi connectivity index (χ2v) is 8.62. The van der Waals surface area contributed by atoms with Crippen LogP contribution in [0.15, 0.2) is 0 Å². The van der Waals surface area contributed by atoms with Gasteiger partial charge in [0.2, 0.25) is 5.91 Å². The first kappa shape index (κ1) is 19.4. The van der Waals surface area contributed by atoms with Crippen LogP contribution in [0.4, 0.5) is 4.79 Å². The molecule has 3 rings (SSSR count). The molecular formula is C18H32N4O4. The third-order valence-electron chi connectivity index (χ3n) is 5.21. The van der Waals surface area contributed by atoms with E-state index in [1.807, 2.05) is 20.8 Å². The minimum Gasteiger partial charge on any atom is -0.443 e. The van der Waals surface area contributed by atoms with Crippen LogP contribution in [0, 0.1) is 5.92 Å². The first-order valence-electron chi connectivity index (χ1n) is 9.77. The van der Waals surface area contributed by atoms with Crippen LogP contribution in [0.3, 0.4) is 0 Å². The van der Waals surface area contributed by atoms with Crippen molar-refractivity contribution in [2.75, 3.05) is 13.1 Å². The van der Waals surface area contributed by atoms with Gasteiger partial charge in [-0.3, -0.25) is 9.63 Å². The second-order valence-electron chi connectivity index (χ2n) is 8.62. The molecule has 2 amide bonds. The van der Waals surface area contributed by atoms with E-state index in [4.69, 9.17) is 9.57 Å². The van der Waals surface area contributed by atoms with Crippen molar-refractivity contribution in [1.82, 2.24) is 21.2 Å². The summed E-state index contributed by atoms with van der Waals surface area (Å²) in [5.74, 6) is 0.492. The molecule has 0 bridgehead atoms. The van der Waals surface area contributed by atoms with Gasteiger partial charge in [-0.05, 0) is 39.5 Å². The number of hydroxylamine groups is 1. The van der Waals surface area contributed by atoms with E-state index in [1.165, 1.54) is 37.1 Å². The minimum absolute atomic E-state index is 0.0684. The van der Waals surface area contributed by atoms with Gasteiger partial charge in [0.15, 0.2) is 0 Å². The normalized spacial score (nSPS) is 30.4. The van der Waals surface area contributed by atoms with E-state index in [0.717, 1.165) is 0 Å². The summed E-state index contributed by atoms with van der Waals surface area (Å²) in [7, 11) is 0. The highest BCUT2D eigenvalue weighted by Crippen LogP contribution is 2.31. The number of rotatable bonds is 3. The Hall–Kier alpha value is -1.38. The summed E-state index contributed by atoms with van der Waals surface area (Å²) in [6, 6.07) is -0.456. The van der Waals surface area contributed by atoms with Gasteiger partial charge in [0.25, 0.3) is 0 Å². The molecule has 0 aromatic rings. The third kappa shape index (κ3) is 5.08. The zero-order valence-electron chi connectivity index (χ0n) is 16.0. The van der Waals surface area contributed by atoms with Crippen LogP contribution in [-0.2, 0) is 14.4 Å². The highest BCUT2D eigenvalue weighted by molar-refractivity contribution is 5.82. The number of nitrogens with zero attached hydrogens (tertiary/aromatic N) is 1. The summed E-state index contributed by atoms with van der Waals surface area (Å²) in [6.07, 6.45) is 6.64. The molecule has 0 radical (unpaired) electrons. The predicted molar refractivity (Wildman–Crippen MR) is 95.9 cm³/mol. The SMILES string of the molecule is CC(C)(C)OC(=O)N1CC(NC(=O)C2CC(C3CCCCC3)ON2)CN1. The standard InChI is InChI=1S/C18H32N4O4/c1-18(2,3)25-17(24)22-11-13(10-19-22)20-16(23)14-9-15(26-21-14)12-7-5-4-6-8-12/h12-15,19,21H,4-11H2,1-3H3,(H,20,23). The van der Waals surface area contributed by atoms with Crippen molar-refractivity contribution in [2.45, 2.75) is 83.1 Å². The molecule has 0 aromatic heterocycles. The average Bonchev–Trinajstić information content (AvgIpc) is 3.23. The molecule has 26 heavy (non-hydrogen) atoms. The van der Waals surface area contributed by atoms with Gasteiger partial charge in [0, 0.05) is 13.0 Å². The number of amides is 2. The molecule has 2 saturated heterocycles. The summed E-state index contributed by atoms with van der Waals surface area (Å²) in [6.45, 7) is 6.38. The number of hydrazine groups is 1. The van der Waals surface area contributed by atoms with E-state index in [9.17, 15) is 9.59 Å². The third-order valence-corrected chi connectivity index (χ3v) is 5.21. The Labute approximate surface area is 155 Å². The lowest BCUT2D eigenvalue weighted by molar-refractivity contribution is -0.125. The van der Waals surface area contributed by atoms with Crippen molar-refractivity contribution in [3.8, 4) is 0 Å². The Kier molecular flexibility index (Phi) is 6.04. The Morgan fingerprint density at radius 1 is 1.19 bits per heavy atom. The van der Waals surface area contributed by atoms with Gasteiger partial charge in [-0.15, -0.1) is 0 Å². The molecule has 0 spiro atoms. The lowest BCUT2D eigenvalue weighted by Crippen LogP contribution is -2.47. The van der Waals surface area contributed by atoms with Gasteiger partial charge in [-0.1, -0.05) is 19.3 Å². The lowest BCUT2D eigenvalue weighted by atomic mass is 9.83. The van der Waals surface area contributed by atoms with E-state index in [2.05, 4.69) is 16.2 Å². The van der Waals surface area contributed by atoms with E-state index in [1.54, 1.807) is 0 Å². The molecule has 1 saturated carbocycles. The van der Waals surface area contributed by atoms with Crippen LogP contribution in [0.25, 0.3) is 0 Å². The monoisotopic (exact) mass is 368 g/mol. The van der Waals surface area contributed by atoms with Crippen molar-refractivity contribution in [3.05, 3.63) is 0 Å². The van der Waals surface area contributed by atoms with Crippen molar-refractivity contribution in [1.29, 1.82) is 0 Å². The highest BCUT2D eigenvalue weighted by atomic mass is 16.7. The molecular weight excluding hydrogens is 336 g/mol. The molecule has 3 aliphatic rings. The average molecular weight is 368 g/mol. The van der Waals surface area contributed by atoms with Crippen LogP contribution in [0.5, 0.6) is 0 Å². The molecule has 2 heterocycles. The Balaban J connectivity index is 1.42. The summed E-state index contributed by atoms with van der Waals surface area (Å²) >= 11 is 0. The first-order valence-corrected chi connectivity index (χ1v) is 9.77. The summed E-state index contributed by atoms with van der Waals surface area (Å²) < 4.78 is 5.34. The molecule has 3 fully saturated rings. The molecule has 8 nitrogen and oxygen atoms in total. The Morgan fingerprint density at radius 2 is 1.92 bits per heavy atom. The quantitative estimate of drug-likeness (QED) is 0.699. The number of nitrogens with one attached hydrogen (secondary N) is 3. The van der Waals surface area contributed by atoms with Crippen LogP contribution in [0.1, 0.15) is 59.3 Å². The molecule has 148 valence electrons. The van der Waals surface area contributed by atoms with E-state index >= 15 is 0 Å². The largest absolute Gasteiger partial charge is 0.443 e. The Bertz CT molecular complexity index is 516. The molecule has 3 N–H and O–H groups in total. The molecule has 3 unspecified atom stereocenters. The van der Waals surface area contributed by atoms with Crippen molar-refractivity contribution < 1.29 is 19.2 Å². The number of carbonyl (C=O) groups excluding carboxylic acids is 2. The maximum absolute atomic E-state index is 12.5. The fourth-order valence-corrected chi connectivity index (χ4v) is 3.88. The predicted octanol–water partition coefficient (Wildman–Crippen LogP) is 1.47. The number of ether oxygens (including phenoxy) is 1. The summed E-state index contributed by atoms with van der Waals surface area (Å²) in [5.41, 5.74) is 5.34. The van der Waals surface area contributed by atoms with E-state index < -0.39 is 11.7 Å². The van der Waals surface area contributed by atoms with Crippen LogP contribution >= 0.6 is 0 Å². The van der Waals surface area contributed by atoms with E-state index in [0.29, 0.717) is 25.4 Å². The molecule has 2 aliphatic heterocycles. The van der Waals surface area contributed by atoms with Gasteiger partial charge in [0.05, 0.1) is 18.7 Å².